The molecule has 0 amide bonds. The summed E-state index contributed by atoms with van der Waals surface area (Å²) < 4.78 is 0. The first-order chi connectivity index (χ1) is 11.5. The van der Waals surface area contributed by atoms with Crippen molar-refractivity contribution < 1.29 is 5.11 Å². The van der Waals surface area contributed by atoms with Crippen LogP contribution in [0.1, 0.15) is 29.5 Å². The molecule has 0 radical (unpaired) electrons. The lowest BCUT2D eigenvalue weighted by atomic mass is 9.77. The average molecular weight is 401 g/mol. The highest BCUT2D eigenvalue weighted by molar-refractivity contribution is 6.36. The van der Waals surface area contributed by atoms with Crippen LogP contribution in [0.15, 0.2) is 36.4 Å². The van der Waals surface area contributed by atoms with Crippen LogP contribution in [0.5, 0.6) is 5.75 Å². The van der Waals surface area contributed by atoms with Crippen LogP contribution in [0, 0.1) is 5.92 Å². The second-order valence-corrected chi connectivity index (χ2v) is 7.78. The van der Waals surface area contributed by atoms with Gasteiger partial charge in [0.2, 0.25) is 0 Å². The highest BCUT2D eigenvalue weighted by Crippen LogP contribution is 2.55. The van der Waals surface area contributed by atoms with Crippen LogP contribution < -0.4 is 5.32 Å². The topological polar surface area (TPSA) is 32.3 Å². The molecule has 0 fully saturated rings. The van der Waals surface area contributed by atoms with E-state index in [1.807, 2.05) is 6.07 Å². The van der Waals surface area contributed by atoms with E-state index in [9.17, 15) is 5.11 Å². The number of hydrogen-bond donors (Lipinski definition) is 2. The van der Waals surface area contributed by atoms with Crippen molar-refractivity contribution in [2.75, 3.05) is 5.32 Å². The third-order valence-corrected chi connectivity index (χ3v) is 5.96. The molecule has 1 aliphatic carbocycles. The summed E-state index contributed by atoms with van der Waals surface area (Å²) in [6, 6.07) is 6.72. The lowest BCUT2D eigenvalue weighted by molar-refractivity contribution is 0.402. The number of halogens is 4. The number of benzene rings is 2. The molecule has 2 aliphatic rings. The van der Waals surface area contributed by atoms with Gasteiger partial charge in [-0.1, -0.05) is 58.6 Å². The van der Waals surface area contributed by atoms with Crippen molar-refractivity contribution in [3.63, 3.8) is 0 Å². The fourth-order valence-electron chi connectivity index (χ4n) is 3.76. The first-order valence-corrected chi connectivity index (χ1v) is 9.07. The molecular weight excluding hydrogens is 388 g/mol. The Kier molecular flexibility index (Phi) is 4.12. The minimum absolute atomic E-state index is 0.0471. The summed E-state index contributed by atoms with van der Waals surface area (Å²) in [6.07, 6.45) is 5.16. The Morgan fingerprint density at radius 1 is 1.00 bits per heavy atom. The molecule has 1 heterocycles. The molecule has 4 rings (SSSR count). The largest absolute Gasteiger partial charge is 0.506 e. The van der Waals surface area contributed by atoms with Gasteiger partial charge < -0.3 is 10.4 Å². The average Bonchev–Trinajstić information content (AvgIpc) is 3.03. The minimum Gasteiger partial charge on any atom is -0.506 e. The van der Waals surface area contributed by atoms with Crippen LogP contribution in [-0.4, -0.2) is 5.11 Å². The molecule has 0 spiro atoms. The fraction of sp³-hybridized carbons (Fsp3) is 0.222. The SMILES string of the molecule is Oc1c(Cl)cc(Cl)cc1C1Nc2c(Cl)ccc(Cl)c2C2C=CCC21. The van der Waals surface area contributed by atoms with Crippen molar-refractivity contribution in [2.45, 2.75) is 18.4 Å². The quantitative estimate of drug-likeness (QED) is 0.514. The van der Waals surface area contributed by atoms with Crippen LogP contribution in [0.3, 0.4) is 0 Å². The van der Waals surface area contributed by atoms with E-state index in [1.165, 1.54) is 6.07 Å². The number of fused-ring (bicyclic) bond motifs is 3. The molecule has 1 aliphatic heterocycles. The zero-order valence-electron chi connectivity index (χ0n) is 12.4. The normalized spacial score (nSPS) is 24.4. The van der Waals surface area contributed by atoms with Crippen molar-refractivity contribution in [3.8, 4) is 5.75 Å². The molecule has 3 atom stereocenters. The molecule has 6 heteroatoms. The summed E-state index contributed by atoms with van der Waals surface area (Å²) in [5, 5.41) is 15.9. The van der Waals surface area contributed by atoms with Crippen LogP contribution in [0.4, 0.5) is 5.69 Å². The molecule has 2 aromatic rings. The van der Waals surface area contributed by atoms with E-state index in [0.717, 1.165) is 17.7 Å². The fourth-order valence-corrected chi connectivity index (χ4v) is 4.77. The maximum absolute atomic E-state index is 10.5. The van der Waals surface area contributed by atoms with Gasteiger partial charge in [0, 0.05) is 27.1 Å². The Morgan fingerprint density at radius 2 is 1.75 bits per heavy atom. The first kappa shape index (κ1) is 16.4. The molecular formula is C18H13Cl4NO. The van der Waals surface area contributed by atoms with E-state index in [4.69, 9.17) is 46.4 Å². The van der Waals surface area contributed by atoms with Gasteiger partial charge in [-0.3, -0.25) is 0 Å². The molecule has 2 aromatic carbocycles. The van der Waals surface area contributed by atoms with E-state index in [1.54, 1.807) is 12.1 Å². The van der Waals surface area contributed by atoms with Gasteiger partial charge in [0.1, 0.15) is 5.75 Å². The summed E-state index contributed by atoms with van der Waals surface area (Å²) in [5.74, 6) is 0.384. The van der Waals surface area contributed by atoms with Gasteiger partial charge in [-0.15, -0.1) is 0 Å². The second-order valence-electron chi connectivity index (χ2n) is 6.12. The van der Waals surface area contributed by atoms with Crippen molar-refractivity contribution in [1.82, 2.24) is 0 Å². The van der Waals surface area contributed by atoms with E-state index in [-0.39, 0.29) is 28.6 Å². The predicted octanol–water partition coefficient (Wildman–Crippen LogP) is 6.83. The van der Waals surface area contributed by atoms with E-state index in [2.05, 4.69) is 17.5 Å². The van der Waals surface area contributed by atoms with Crippen LogP contribution >= 0.6 is 46.4 Å². The third kappa shape index (κ3) is 2.48. The zero-order chi connectivity index (χ0) is 17.0. The summed E-state index contributed by atoms with van der Waals surface area (Å²) in [5.41, 5.74) is 2.48. The molecule has 0 saturated carbocycles. The molecule has 2 nitrogen and oxygen atoms in total. The highest BCUT2D eigenvalue weighted by atomic mass is 35.5. The van der Waals surface area contributed by atoms with Gasteiger partial charge in [-0.25, -0.2) is 0 Å². The second kappa shape index (κ2) is 6.03. The number of aromatic hydroxyl groups is 1. The van der Waals surface area contributed by atoms with Crippen LogP contribution in [-0.2, 0) is 0 Å². The number of phenols is 1. The van der Waals surface area contributed by atoms with E-state index >= 15 is 0 Å². The maximum atomic E-state index is 10.5. The van der Waals surface area contributed by atoms with E-state index in [0.29, 0.717) is 20.6 Å². The molecule has 124 valence electrons. The van der Waals surface area contributed by atoms with Gasteiger partial charge in [-0.05, 0) is 36.6 Å². The Morgan fingerprint density at radius 3 is 2.54 bits per heavy atom. The number of allylic oxidation sites excluding steroid dienone is 2. The Labute approximate surface area is 160 Å². The van der Waals surface area contributed by atoms with Gasteiger partial charge in [0.15, 0.2) is 0 Å². The molecule has 0 aromatic heterocycles. The summed E-state index contributed by atoms with van der Waals surface area (Å²) in [7, 11) is 0. The molecule has 0 saturated heterocycles. The Hall–Kier alpha value is -1.06. The minimum atomic E-state index is -0.162. The lowest BCUT2D eigenvalue weighted by Gasteiger charge is -2.38. The lowest BCUT2D eigenvalue weighted by Crippen LogP contribution is -2.29. The number of nitrogens with one attached hydrogen (secondary N) is 1. The van der Waals surface area contributed by atoms with E-state index < -0.39 is 0 Å². The number of phenolic OH excluding ortho intramolecular Hbond substituents is 1. The van der Waals surface area contributed by atoms with Crippen molar-refractivity contribution in [2.24, 2.45) is 5.92 Å². The van der Waals surface area contributed by atoms with Crippen LogP contribution in [0.2, 0.25) is 20.1 Å². The monoisotopic (exact) mass is 399 g/mol. The summed E-state index contributed by atoms with van der Waals surface area (Å²) in [6.45, 7) is 0. The molecule has 3 unspecified atom stereocenters. The Balaban J connectivity index is 1.89. The van der Waals surface area contributed by atoms with Crippen molar-refractivity contribution >= 4 is 52.1 Å². The molecule has 0 bridgehead atoms. The Bertz CT molecular complexity index is 865. The molecule has 2 N–H and O–H groups in total. The van der Waals surface area contributed by atoms with Crippen molar-refractivity contribution in [3.05, 3.63) is 67.6 Å². The summed E-state index contributed by atoms with van der Waals surface area (Å²) >= 11 is 25.1. The number of anilines is 1. The van der Waals surface area contributed by atoms with Crippen molar-refractivity contribution in [1.29, 1.82) is 0 Å². The first-order valence-electron chi connectivity index (χ1n) is 7.56. The van der Waals surface area contributed by atoms with Crippen LogP contribution in [0.25, 0.3) is 0 Å². The smallest absolute Gasteiger partial charge is 0.139 e. The van der Waals surface area contributed by atoms with Gasteiger partial charge in [-0.2, -0.15) is 0 Å². The molecule has 24 heavy (non-hydrogen) atoms. The zero-order valence-corrected chi connectivity index (χ0v) is 15.4. The third-order valence-electron chi connectivity index (χ3n) is 4.81. The van der Waals surface area contributed by atoms with Gasteiger partial charge in [0.05, 0.1) is 21.8 Å². The number of rotatable bonds is 1. The van der Waals surface area contributed by atoms with Gasteiger partial charge >= 0.3 is 0 Å². The predicted molar refractivity (Wildman–Crippen MR) is 101 cm³/mol. The standard InChI is InChI=1S/C18H13Cl4NO/c19-8-6-11(18(24)14(22)7-8)16-10-3-1-2-9(10)15-12(20)4-5-13(21)17(15)23-16/h1-2,4-7,9-10,16,23-24H,3H2. The summed E-state index contributed by atoms with van der Waals surface area (Å²) in [4.78, 5) is 0. The maximum Gasteiger partial charge on any atom is 0.139 e. The highest BCUT2D eigenvalue weighted by Gasteiger charge is 2.41. The van der Waals surface area contributed by atoms with Gasteiger partial charge in [0.25, 0.3) is 0 Å². The number of hydrogen-bond acceptors (Lipinski definition) is 2.